The fourth-order valence-corrected chi connectivity index (χ4v) is 2.96. The van der Waals surface area contributed by atoms with Crippen molar-refractivity contribution in [3.63, 3.8) is 0 Å². The third-order valence-electron chi connectivity index (χ3n) is 2.37. The summed E-state index contributed by atoms with van der Waals surface area (Å²) in [5, 5.41) is 0. The number of rotatable bonds is 5. The highest BCUT2D eigenvalue weighted by atomic mass is 79.9. The zero-order valence-corrected chi connectivity index (χ0v) is 13.0. The predicted octanol–water partition coefficient (Wildman–Crippen LogP) is 2.96. The van der Waals surface area contributed by atoms with E-state index in [4.69, 9.17) is 18.0 Å². The van der Waals surface area contributed by atoms with Crippen LogP contribution in [-0.4, -0.2) is 28.9 Å². The molecule has 0 unspecified atom stereocenters. The summed E-state index contributed by atoms with van der Waals surface area (Å²) in [6, 6.07) is 1.90. The van der Waals surface area contributed by atoms with Gasteiger partial charge in [0, 0.05) is 19.5 Å². The van der Waals surface area contributed by atoms with Crippen LogP contribution in [0.2, 0.25) is 0 Å². The van der Waals surface area contributed by atoms with Gasteiger partial charge in [0.15, 0.2) is 0 Å². The number of carbonyl (C=O) groups is 1. The van der Waals surface area contributed by atoms with Crippen molar-refractivity contribution < 1.29 is 4.79 Å². The summed E-state index contributed by atoms with van der Waals surface area (Å²) in [6.45, 7) is 5.17. The van der Waals surface area contributed by atoms with Crippen LogP contribution in [0.25, 0.3) is 0 Å². The van der Waals surface area contributed by atoms with E-state index in [9.17, 15) is 4.79 Å². The van der Waals surface area contributed by atoms with Crippen molar-refractivity contribution in [2.24, 2.45) is 5.73 Å². The number of thiocarbonyl (C=S) groups is 1. The molecule has 1 rings (SSSR count). The van der Waals surface area contributed by atoms with E-state index in [-0.39, 0.29) is 5.91 Å². The number of hydrogen-bond acceptors (Lipinski definition) is 3. The maximum absolute atomic E-state index is 12.2. The van der Waals surface area contributed by atoms with Crippen molar-refractivity contribution in [2.45, 2.75) is 20.3 Å². The molecule has 3 nitrogen and oxygen atoms in total. The second-order valence-electron chi connectivity index (χ2n) is 3.67. The highest BCUT2D eigenvalue weighted by molar-refractivity contribution is 9.11. The normalized spacial score (nSPS) is 10.3. The highest BCUT2D eigenvalue weighted by Crippen LogP contribution is 2.28. The maximum Gasteiger partial charge on any atom is 0.263 e. The monoisotopic (exact) mass is 334 g/mol. The Morgan fingerprint density at radius 1 is 1.65 bits per heavy atom. The van der Waals surface area contributed by atoms with Crippen molar-refractivity contribution in [3.8, 4) is 0 Å². The van der Waals surface area contributed by atoms with Crippen LogP contribution in [0, 0.1) is 6.92 Å². The average molecular weight is 335 g/mol. The van der Waals surface area contributed by atoms with Gasteiger partial charge in [0.05, 0.1) is 13.7 Å². The number of carbonyl (C=O) groups excluding carboxylic acids is 1. The Bertz CT molecular complexity index is 412. The molecule has 0 aromatic carbocycles. The second-order valence-corrected chi connectivity index (χ2v) is 6.56. The number of nitrogens with zero attached hydrogens (tertiary/aromatic N) is 1. The van der Waals surface area contributed by atoms with Crippen LogP contribution in [-0.2, 0) is 0 Å². The summed E-state index contributed by atoms with van der Waals surface area (Å²) in [5.74, 6) is 0.0440. The van der Waals surface area contributed by atoms with Crippen LogP contribution in [0.4, 0.5) is 0 Å². The Labute approximate surface area is 119 Å². The molecule has 0 aliphatic heterocycles. The molecule has 6 heteroatoms. The van der Waals surface area contributed by atoms with E-state index >= 15 is 0 Å². The van der Waals surface area contributed by atoms with Crippen LogP contribution in [0.15, 0.2) is 9.85 Å². The van der Waals surface area contributed by atoms with Gasteiger partial charge in [-0.05, 0) is 41.4 Å². The van der Waals surface area contributed by atoms with Gasteiger partial charge in [0.2, 0.25) is 0 Å². The van der Waals surface area contributed by atoms with Crippen molar-refractivity contribution in [3.05, 3.63) is 20.3 Å². The molecule has 1 amide bonds. The topological polar surface area (TPSA) is 46.3 Å². The smallest absolute Gasteiger partial charge is 0.263 e. The number of nitrogens with two attached hydrogens (primary N) is 1. The van der Waals surface area contributed by atoms with E-state index < -0.39 is 0 Å². The number of hydrogen-bond donors (Lipinski definition) is 1. The SMILES string of the molecule is CCN(CCC(N)=S)C(=O)c1cc(C)c(Br)s1. The van der Waals surface area contributed by atoms with Gasteiger partial charge in [0.25, 0.3) is 5.91 Å². The van der Waals surface area contributed by atoms with Gasteiger partial charge in [0.1, 0.15) is 0 Å². The molecule has 0 fully saturated rings. The quantitative estimate of drug-likeness (QED) is 0.842. The van der Waals surface area contributed by atoms with Gasteiger partial charge >= 0.3 is 0 Å². The van der Waals surface area contributed by atoms with E-state index in [1.54, 1.807) is 4.90 Å². The van der Waals surface area contributed by atoms with E-state index in [2.05, 4.69) is 15.9 Å². The zero-order valence-electron chi connectivity index (χ0n) is 9.83. The van der Waals surface area contributed by atoms with E-state index in [1.165, 1.54) is 11.3 Å². The van der Waals surface area contributed by atoms with E-state index in [0.29, 0.717) is 24.5 Å². The van der Waals surface area contributed by atoms with E-state index in [0.717, 1.165) is 14.2 Å². The number of amides is 1. The third-order valence-corrected chi connectivity index (χ3v) is 4.69. The van der Waals surface area contributed by atoms with Gasteiger partial charge in [-0.15, -0.1) is 11.3 Å². The average Bonchev–Trinajstić information content (AvgIpc) is 2.59. The lowest BCUT2D eigenvalue weighted by Gasteiger charge is -2.19. The van der Waals surface area contributed by atoms with Crippen molar-refractivity contribution in [1.29, 1.82) is 0 Å². The zero-order chi connectivity index (χ0) is 13.0. The van der Waals surface area contributed by atoms with Crippen LogP contribution in [0.3, 0.4) is 0 Å². The molecule has 2 N–H and O–H groups in total. The van der Waals surface area contributed by atoms with Crippen molar-refractivity contribution >= 4 is 50.4 Å². The molecule has 94 valence electrons. The number of halogens is 1. The number of aryl methyl sites for hydroxylation is 1. The molecule has 17 heavy (non-hydrogen) atoms. The Kier molecular flexibility index (Phi) is 5.55. The standard InChI is InChI=1S/C11H15BrN2OS2/c1-3-14(5-4-9(13)16)11(15)8-6-7(2)10(12)17-8/h6H,3-5H2,1-2H3,(H2,13,16). The van der Waals surface area contributed by atoms with Gasteiger partial charge < -0.3 is 10.6 Å². The molecule has 1 aromatic rings. The van der Waals surface area contributed by atoms with Crippen LogP contribution >= 0.6 is 39.5 Å². The second kappa shape index (κ2) is 6.47. The molecular weight excluding hydrogens is 320 g/mol. The molecule has 1 heterocycles. The first-order valence-electron chi connectivity index (χ1n) is 5.29. The first-order valence-corrected chi connectivity index (χ1v) is 7.31. The molecule has 0 atom stereocenters. The molecule has 0 spiro atoms. The molecule has 0 radical (unpaired) electrons. The summed E-state index contributed by atoms with van der Waals surface area (Å²) in [6.07, 6.45) is 0.570. The summed E-state index contributed by atoms with van der Waals surface area (Å²) < 4.78 is 1.01. The minimum atomic E-state index is 0.0440. The van der Waals surface area contributed by atoms with Crippen LogP contribution in [0.5, 0.6) is 0 Å². The lowest BCUT2D eigenvalue weighted by Crippen LogP contribution is -2.33. The van der Waals surface area contributed by atoms with Crippen LogP contribution in [0.1, 0.15) is 28.6 Å². The summed E-state index contributed by atoms with van der Waals surface area (Å²) in [4.78, 5) is 15.1. The Balaban J connectivity index is 2.75. The molecule has 0 saturated heterocycles. The first-order chi connectivity index (χ1) is 7.95. The lowest BCUT2D eigenvalue weighted by molar-refractivity contribution is 0.0773. The first kappa shape index (κ1) is 14.6. The maximum atomic E-state index is 12.2. The molecule has 0 aliphatic rings. The van der Waals surface area contributed by atoms with Crippen molar-refractivity contribution in [1.82, 2.24) is 4.90 Å². The van der Waals surface area contributed by atoms with Crippen LogP contribution < -0.4 is 5.73 Å². The Morgan fingerprint density at radius 3 is 2.71 bits per heavy atom. The largest absolute Gasteiger partial charge is 0.393 e. The molecule has 0 saturated carbocycles. The van der Waals surface area contributed by atoms with Gasteiger partial charge in [-0.3, -0.25) is 4.79 Å². The Hall–Kier alpha value is -0.460. The predicted molar refractivity (Wildman–Crippen MR) is 79.7 cm³/mol. The van der Waals surface area contributed by atoms with Gasteiger partial charge in [-0.25, -0.2) is 0 Å². The number of thiophene rings is 1. The van der Waals surface area contributed by atoms with E-state index in [1.807, 2.05) is 19.9 Å². The lowest BCUT2D eigenvalue weighted by atomic mass is 10.3. The fraction of sp³-hybridized carbons (Fsp3) is 0.455. The third kappa shape index (κ3) is 4.04. The minimum Gasteiger partial charge on any atom is -0.393 e. The molecule has 0 aliphatic carbocycles. The van der Waals surface area contributed by atoms with Crippen molar-refractivity contribution in [2.75, 3.05) is 13.1 Å². The molecular formula is C11H15BrN2OS2. The fourth-order valence-electron chi connectivity index (χ4n) is 1.37. The summed E-state index contributed by atoms with van der Waals surface area (Å²) in [7, 11) is 0. The van der Waals surface area contributed by atoms with Gasteiger partial charge in [-0.1, -0.05) is 12.2 Å². The van der Waals surface area contributed by atoms with Gasteiger partial charge in [-0.2, -0.15) is 0 Å². The Morgan fingerprint density at radius 2 is 2.29 bits per heavy atom. The summed E-state index contributed by atoms with van der Waals surface area (Å²) in [5.41, 5.74) is 6.54. The highest BCUT2D eigenvalue weighted by Gasteiger charge is 2.17. The molecule has 0 bridgehead atoms. The minimum absolute atomic E-state index is 0.0440. The molecule has 1 aromatic heterocycles. The summed E-state index contributed by atoms with van der Waals surface area (Å²) >= 11 is 9.71.